The largest absolute Gasteiger partial charge is 0.379 e. The van der Waals surface area contributed by atoms with Crippen LogP contribution in [0, 0.1) is 5.82 Å². The third kappa shape index (κ3) is 3.98. The van der Waals surface area contributed by atoms with Gasteiger partial charge in [-0.15, -0.1) is 0 Å². The molecule has 0 bridgehead atoms. The zero-order chi connectivity index (χ0) is 16.9. The van der Waals surface area contributed by atoms with E-state index in [1.807, 2.05) is 0 Å². The van der Waals surface area contributed by atoms with Gasteiger partial charge in [-0.25, -0.2) is 4.39 Å². The molecule has 0 saturated carbocycles. The Morgan fingerprint density at radius 2 is 2.08 bits per heavy atom. The molecule has 2 heterocycles. The minimum Gasteiger partial charge on any atom is -0.379 e. The number of hydrogen-bond acceptors (Lipinski definition) is 4. The fourth-order valence-electron chi connectivity index (χ4n) is 2.69. The highest BCUT2D eigenvalue weighted by molar-refractivity contribution is 5.93. The summed E-state index contributed by atoms with van der Waals surface area (Å²) in [5.74, 6) is -0.500. The number of nitrogens with one attached hydrogen (secondary N) is 2. The smallest absolute Gasteiger partial charge is 0.269 e. The maximum Gasteiger partial charge on any atom is 0.269 e. The maximum absolute atomic E-state index is 13.0. The minimum absolute atomic E-state index is 0.198. The molecule has 7 heteroatoms. The summed E-state index contributed by atoms with van der Waals surface area (Å²) >= 11 is 0. The predicted octanol–water partition coefficient (Wildman–Crippen LogP) is 1.67. The molecular formula is C17H21FN4O2. The summed E-state index contributed by atoms with van der Waals surface area (Å²) in [5.41, 5.74) is 1.76. The molecule has 1 atom stereocenters. The molecule has 0 spiro atoms. The van der Waals surface area contributed by atoms with Crippen LogP contribution in [-0.2, 0) is 4.74 Å². The van der Waals surface area contributed by atoms with Crippen molar-refractivity contribution in [1.82, 2.24) is 20.4 Å². The van der Waals surface area contributed by atoms with Gasteiger partial charge in [0.25, 0.3) is 5.91 Å². The van der Waals surface area contributed by atoms with E-state index in [0.29, 0.717) is 17.9 Å². The van der Waals surface area contributed by atoms with Gasteiger partial charge in [0.1, 0.15) is 11.5 Å². The summed E-state index contributed by atoms with van der Waals surface area (Å²) < 4.78 is 18.3. The van der Waals surface area contributed by atoms with Crippen molar-refractivity contribution >= 4 is 5.91 Å². The second kappa shape index (κ2) is 7.55. The van der Waals surface area contributed by atoms with Gasteiger partial charge in [0.2, 0.25) is 0 Å². The average Bonchev–Trinajstić information content (AvgIpc) is 3.11. The molecule has 1 saturated heterocycles. The van der Waals surface area contributed by atoms with E-state index in [-0.39, 0.29) is 17.8 Å². The molecule has 1 aliphatic rings. The fraction of sp³-hybridized carbons (Fsp3) is 0.412. The van der Waals surface area contributed by atoms with E-state index in [4.69, 9.17) is 4.74 Å². The first-order chi connectivity index (χ1) is 11.6. The summed E-state index contributed by atoms with van der Waals surface area (Å²) in [6.07, 6.45) is 0. The number of carbonyl (C=O) groups excluding carboxylic acids is 1. The molecule has 1 amide bonds. The van der Waals surface area contributed by atoms with Crippen molar-refractivity contribution in [3.05, 3.63) is 41.8 Å². The average molecular weight is 332 g/mol. The molecule has 1 fully saturated rings. The van der Waals surface area contributed by atoms with Crippen LogP contribution < -0.4 is 5.32 Å². The number of nitrogens with zero attached hydrogens (tertiary/aromatic N) is 2. The van der Waals surface area contributed by atoms with Gasteiger partial charge in [-0.2, -0.15) is 5.10 Å². The molecule has 1 aromatic carbocycles. The highest BCUT2D eigenvalue weighted by Crippen LogP contribution is 2.18. The molecule has 128 valence electrons. The Bertz CT molecular complexity index is 680. The van der Waals surface area contributed by atoms with Crippen LogP contribution in [0.25, 0.3) is 11.3 Å². The standard InChI is InChI=1S/C17H21FN4O2/c1-12(22-6-8-24-9-7-22)11-19-17(23)16-10-15(20-21-16)13-2-4-14(18)5-3-13/h2-5,10,12H,6-9,11H2,1H3,(H,19,23)(H,20,21)/t12-/m0/s1. The van der Waals surface area contributed by atoms with E-state index >= 15 is 0 Å². The van der Waals surface area contributed by atoms with Gasteiger partial charge in [0.05, 0.1) is 18.9 Å². The molecule has 24 heavy (non-hydrogen) atoms. The topological polar surface area (TPSA) is 70.2 Å². The lowest BCUT2D eigenvalue weighted by molar-refractivity contribution is 0.0204. The second-order valence-electron chi connectivity index (χ2n) is 5.88. The lowest BCUT2D eigenvalue weighted by atomic mass is 10.1. The normalized spacial score (nSPS) is 16.8. The third-order valence-corrected chi connectivity index (χ3v) is 4.19. The maximum atomic E-state index is 13.0. The van der Waals surface area contributed by atoms with Crippen LogP contribution >= 0.6 is 0 Å². The van der Waals surface area contributed by atoms with Crippen molar-refractivity contribution in [2.24, 2.45) is 0 Å². The number of benzene rings is 1. The minimum atomic E-state index is -0.302. The quantitative estimate of drug-likeness (QED) is 0.874. The number of aromatic nitrogens is 2. The molecule has 1 aliphatic heterocycles. The molecule has 2 aromatic rings. The lowest BCUT2D eigenvalue weighted by Gasteiger charge is -2.32. The van der Waals surface area contributed by atoms with Crippen molar-refractivity contribution in [3.63, 3.8) is 0 Å². The van der Waals surface area contributed by atoms with E-state index in [2.05, 4.69) is 27.3 Å². The molecule has 3 rings (SSSR count). The van der Waals surface area contributed by atoms with Gasteiger partial charge in [-0.3, -0.25) is 14.8 Å². The molecule has 6 nitrogen and oxygen atoms in total. The number of morpholine rings is 1. The van der Waals surface area contributed by atoms with Gasteiger partial charge in [-0.1, -0.05) is 0 Å². The first kappa shape index (κ1) is 16.6. The van der Waals surface area contributed by atoms with Crippen LogP contribution in [0.3, 0.4) is 0 Å². The van der Waals surface area contributed by atoms with Crippen LogP contribution in [0.4, 0.5) is 4.39 Å². The first-order valence-electron chi connectivity index (χ1n) is 8.05. The van der Waals surface area contributed by atoms with Crippen LogP contribution in [0.5, 0.6) is 0 Å². The second-order valence-corrected chi connectivity index (χ2v) is 5.88. The number of aromatic amines is 1. The van der Waals surface area contributed by atoms with Gasteiger partial charge in [0, 0.05) is 31.2 Å². The highest BCUT2D eigenvalue weighted by Gasteiger charge is 2.18. The van der Waals surface area contributed by atoms with E-state index in [9.17, 15) is 9.18 Å². The Morgan fingerprint density at radius 3 is 2.79 bits per heavy atom. The van der Waals surface area contributed by atoms with Crippen LogP contribution in [-0.4, -0.2) is 59.9 Å². The molecule has 2 N–H and O–H groups in total. The van der Waals surface area contributed by atoms with E-state index in [0.717, 1.165) is 31.9 Å². The van der Waals surface area contributed by atoms with Gasteiger partial charge < -0.3 is 10.1 Å². The van der Waals surface area contributed by atoms with Crippen molar-refractivity contribution in [2.75, 3.05) is 32.8 Å². The third-order valence-electron chi connectivity index (χ3n) is 4.19. The van der Waals surface area contributed by atoms with Gasteiger partial charge in [0.15, 0.2) is 0 Å². The number of hydrogen-bond donors (Lipinski definition) is 2. The number of carbonyl (C=O) groups is 1. The van der Waals surface area contributed by atoms with E-state index in [1.54, 1.807) is 18.2 Å². The van der Waals surface area contributed by atoms with Crippen molar-refractivity contribution in [1.29, 1.82) is 0 Å². The molecular weight excluding hydrogens is 311 g/mol. The molecule has 0 unspecified atom stereocenters. The zero-order valence-corrected chi connectivity index (χ0v) is 13.6. The molecule has 0 aliphatic carbocycles. The predicted molar refractivity (Wildman–Crippen MR) is 88.2 cm³/mol. The highest BCUT2D eigenvalue weighted by atomic mass is 19.1. The van der Waals surface area contributed by atoms with Gasteiger partial charge >= 0.3 is 0 Å². The Labute approximate surface area is 140 Å². The fourth-order valence-corrected chi connectivity index (χ4v) is 2.69. The molecule has 1 aromatic heterocycles. The SMILES string of the molecule is C[C@@H](CNC(=O)c1cc(-c2ccc(F)cc2)n[nH]1)N1CCOCC1. The van der Waals surface area contributed by atoms with E-state index in [1.165, 1.54) is 12.1 Å². The number of amides is 1. The summed E-state index contributed by atoms with van der Waals surface area (Å²) in [4.78, 5) is 14.5. The van der Waals surface area contributed by atoms with Crippen LogP contribution in [0.15, 0.2) is 30.3 Å². The van der Waals surface area contributed by atoms with E-state index < -0.39 is 0 Å². The molecule has 0 radical (unpaired) electrons. The Morgan fingerprint density at radius 1 is 1.38 bits per heavy atom. The van der Waals surface area contributed by atoms with Gasteiger partial charge in [-0.05, 0) is 37.3 Å². The number of ether oxygens (including phenoxy) is 1. The van der Waals surface area contributed by atoms with Crippen LogP contribution in [0.2, 0.25) is 0 Å². The van der Waals surface area contributed by atoms with Crippen LogP contribution in [0.1, 0.15) is 17.4 Å². The first-order valence-corrected chi connectivity index (χ1v) is 8.05. The number of rotatable bonds is 5. The monoisotopic (exact) mass is 332 g/mol. The Kier molecular flexibility index (Phi) is 5.22. The summed E-state index contributed by atoms with van der Waals surface area (Å²) in [6.45, 7) is 5.89. The number of halogens is 1. The summed E-state index contributed by atoms with van der Waals surface area (Å²) in [6, 6.07) is 7.92. The Hall–Kier alpha value is -2.25. The van der Waals surface area contributed by atoms with Crippen molar-refractivity contribution in [3.8, 4) is 11.3 Å². The lowest BCUT2D eigenvalue weighted by Crippen LogP contribution is -2.47. The number of H-pyrrole nitrogens is 1. The zero-order valence-electron chi connectivity index (χ0n) is 13.6. The summed E-state index contributed by atoms with van der Waals surface area (Å²) in [7, 11) is 0. The summed E-state index contributed by atoms with van der Waals surface area (Å²) in [5, 5.41) is 9.77. The van der Waals surface area contributed by atoms with Crippen molar-refractivity contribution in [2.45, 2.75) is 13.0 Å². The van der Waals surface area contributed by atoms with Crippen molar-refractivity contribution < 1.29 is 13.9 Å². The Balaban J connectivity index is 1.56.